The smallest absolute Gasteiger partial charge is 0.306 e. The number of hydrogen-bond acceptors (Lipinski definition) is 3. The van der Waals surface area contributed by atoms with E-state index in [0.717, 1.165) is 43.2 Å². The van der Waals surface area contributed by atoms with Crippen molar-refractivity contribution in [3.8, 4) is 0 Å². The first kappa shape index (κ1) is 23.4. The van der Waals surface area contributed by atoms with E-state index in [4.69, 9.17) is 0 Å². The van der Waals surface area contributed by atoms with E-state index in [2.05, 4.69) is 30.1 Å². The topological polar surface area (TPSA) is 70.5 Å². The Morgan fingerprint density at radius 2 is 1.92 bits per heavy atom. The summed E-state index contributed by atoms with van der Waals surface area (Å²) < 4.78 is 13.9. The van der Waals surface area contributed by atoms with Crippen molar-refractivity contribution in [2.24, 2.45) is 23.2 Å². The van der Waals surface area contributed by atoms with Crippen LogP contribution in [-0.4, -0.2) is 40.0 Å². The zero-order valence-electron chi connectivity index (χ0n) is 20.8. The number of halogens is 1. The maximum atomic E-state index is 13.9. The van der Waals surface area contributed by atoms with Crippen molar-refractivity contribution < 1.29 is 19.1 Å². The molecule has 6 rings (SSSR count). The molecule has 0 spiro atoms. The maximum Gasteiger partial charge on any atom is 0.306 e. The van der Waals surface area contributed by atoms with E-state index >= 15 is 0 Å². The van der Waals surface area contributed by atoms with Crippen molar-refractivity contribution in [3.63, 3.8) is 0 Å². The van der Waals surface area contributed by atoms with Gasteiger partial charge in [0.15, 0.2) is 0 Å². The van der Waals surface area contributed by atoms with E-state index in [0.29, 0.717) is 43.7 Å². The van der Waals surface area contributed by atoms with Crippen molar-refractivity contribution in [1.82, 2.24) is 9.88 Å². The molecule has 3 aliphatic carbocycles. The molecule has 1 aliphatic heterocycles. The number of amides is 1. The van der Waals surface area contributed by atoms with Crippen LogP contribution in [0.4, 0.5) is 4.39 Å². The van der Waals surface area contributed by atoms with Crippen LogP contribution in [0.3, 0.4) is 0 Å². The standard InChI is InChI=1S/C30H33FN2O3/c1-30-11-8-24-23-4-3-20(28(34)33-12-9-18(10-13-33)29(35)36)14-19(23)2-5-25(24)27(30)7-6-26(30)21-15-22(31)17-32-16-21/h3-4,6,14-18,24-25,27H,2,5,7-13H2,1H3,(H,35,36)/t24?,25?,27?,30-/m1/s1. The first-order chi connectivity index (χ1) is 17.3. The van der Waals surface area contributed by atoms with Crippen LogP contribution in [0.2, 0.25) is 0 Å². The van der Waals surface area contributed by atoms with Crippen LogP contribution in [0.1, 0.15) is 78.4 Å². The molecule has 3 unspecified atom stereocenters. The molecule has 36 heavy (non-hydrogen) atoms. The second-order valence-electron chi connectivity index (χ2n) is 11.4. The minimum Gasteiger partial charge on any atom is -0.481 e. The summed E-state index contributed by atoms with van der Waals surface area (Å²) in [5.41, 5.74) is 5.65. The van der Waals surface area contributed by atoms with Gasteiger partial charge in [0.2, 0.25) is 0 Å². The highest BCUT2D eigenvalue weighted by Gasteiger charge is 2.52. The van der Waals surface area contributed by atoms with E-state index in [-0.39, 0.29) is 23.1 Å². The summed E-state index contributed by atoms with van der Waals surface area (Å²) >= 11 is 0. The number of piperidine rings is 1. The zero-order chi connectivity index (χ0) is 25.0. The number of aliphatic carboxylic acids is 1. The SMILES string of the molecule is C[C@]12CCC3c4ccc(C(=O)N5CCC(C(=O)O)CC5)cc4CCC3C1CC=C2c1cncc(F)c1. The van der Waals surface area contributed by atoms with Crippen molar-refractivity contribution in [3.05, 3.63) is 70.8 Å². The van der Waals surface area contributed by atoms with Crippen LogP contribution in [-0.2, 0) is 11.2 Å². The lowest BCUT2D eigenvalue weighted by atomic mass is 9.54. The van der Waals surface area contributed by atoms with E-state index in [1.54, 1.807) is 12.3 Å². The number of carboxylic acids is 1. The molecular weight excluding hydrogens is 455 g/mol. The molecule has 1 N–H and O–H groups in total. The predicted molar refractivity (Wildman–Crippen MR) is 135 cm³/mol. The first-order valence-electron chi connectivity index (χ1n) is 13.3. The van der Waals surface area contributed by atoms with Gasteiger partial charge in [0, 0.05) is 24.8 Å². The van der Waals surface area contributed by atoms with Crippen LogP contribution in [0, 0.1) is 29.0 Å². The van der Waals surface area contributed by atoms with Crippen LogP contribution in [0.25, 0.3) is 5.57 Å². The van der Waals surface area contributed by atoms with Gasteiger partial charge in [-0.25, -0.2) is 4.39 Å². The number of carbonyl (C=O) groups is 2. The molecule has 188 valence electrons. The van der Waals surface area contributed by atoms with Gasteiger partial charge in [-0.05, 0) is 109 Å². The largest absolute Gasteiger partial charge is 0.481 e. The fourth-order valence-electron chi connectivity index (χ4n) is 7.80. The third kappa shape index (κ3) is 3.77. The molecular formula is C30H33FN2O3. The Bertz CT molecular complexity index is 1250. The van der Waals surface area contributed by atoms with E-state index in [1.165, 1.54) is 22.9 Å². The van der Waals surface area contributed by atoms with Gasteiger partial charge >= 0.3 is 5.97 Å². The molecule has 2 heterocycles. The summed E-state index contributed by atoms with van der Waals surface area (Å²) in [4.78, 5) is 30.3. The molecule has 0 bridgehead atoms. The summed E-state index contributed by atoms with van der Waals surface area (Å²) in [5.74, 6) is 0.273. The monoisotopic (exact) mass is 488 g/mol. The highest BCUT2D eigenvalue weighted by Crippen LogP contribution is 2.63. The summed E-state index contributed by atoms with van der Waals surface area (Å²) in [6, 6.07) is 7.89. The Morgan fingerprint density at radius 3 is 2.67 bits per heavy atom. The molecule has 6 heteroatoms. The number of allylic oxidation sites excluding steroid dienone is 2. The minimum atomic E-state index is -0.758. The molecule has 1 aromatic heterocycles. The number of nitrogens with zero attached hydrogens (tertiary/aromatic N) is 2. The number of fused-ring (bicyclic) bond motifs is 5. The summed E-state index contributed by atoms with van der Waals surface area (Å²) in [5, 5.41) is 9.24. The fourth-order valence-corrected chi connectivity index (χ4v) is 7.80. The van der Waals surface area contributed by atoms with Gasteiger partial charge in [0.1, 0.15) is 5.82 Å². The van der Waals surface area contributed by atoms with E-state index < -0.39 is 5.97 Å². The molecule has 1 aromatic carbocycles. The highest BCUT2D eigenvalue weighted by atomic mass is 19.1. The Hall–Kier alpha value is -3.02. The third-order valence-corrected chi connectivity index (χ3v) is 9.70. The van der Waals surface area contributed by atoms with Gasteiger partial charge in [-0.2, -0.15) is 0 Å². The van der Waals surface area contributed by atoms with Gasteiger partial charge in [-0.3, -0.25) is 14.6 Å². The average molecular weight is 489 g/mol. The van der Waals surface area contributed by atoms with Crippen molar-refractivity contribution in [2.45, 2.75) is 57.8 Å². The van der Waals surface area contributed by atoms with Crippen molar-refractivity contribution in [2.75, 3.05) is 13.1 Å². The summed E-state index contributed by atoms with van der Waals surface area (Å²) in [6.45, 7) is 3.38. The summed E-state index contributed by atoms with van der Waals surface area (Å²) in [7, 11) is 0. The molecule has 4 atom stereocenters. The van der Waals surface area contributed by atoms with Gasteiger partial charge in [-0.15, -0.1) is 0 Å². The molecule has 1 amide bonds. The second-order valence-corrected chi connectivity index (χ2v) is 11.4. The summed E-state index contributed by atoms with van der Waals surface area (Å²) in [6.07, 6.45) is 11.7. The van der Waals surface area contributed by atoms with Gasteiger partial charge in [0.25, 0.3) is 5.91 Å². The van der Waals surface area contributed by atoms with Crippen molar-refractivity contribution in [1.29, 1.82) is 0 Å². The fraction of sp³-hybridized carbons (Fsp3) is 0.500. The number of carbonyl (C=O) groups excluding carboxylic acids is 1. The quantitative estimate of drug-likeness (QED) is 0.601. The normalized spacial score (nSPS) is 29.7. The lowest BCUT2D eigenvalue weighted by molar-refractivity contribution is -0.143. The lowest BCUT2D eigenvalue weighted by Gasteiger charge is -2.50. The molecule has 1 saturated heterocycles. The Labute approximate surface area is 211 Å². The van der Waals surface area contributed by atoms with Gasteiger partial charge in [-0.1, -0.05) is 19.1 Å². The Kier molecular flexibility index (Phi) is 5.73. The molecule has 4 aliphatic rings. The predicted octanol–water partition coefficient (Wildman–Crippen LogP) is 5.71. The van der Waals surface area contributed by atoms with Gasteiger partial charge < -0.3 is 10.0 Å². The number of hydrogen-bond donors (Lipinski definition) is 1. The first-order valence-corrected chi connectivity index (χ1v) is 13.3. The van der Waals surface area contributed by atoms with Crippen LogP contribution in [0.15, 0.2) is 42.7 Å². The number of benzene rings is 1. The number of pyridine rings is 1. The van der Waals surface area contributed by atoms with Crippen molar-refractivity contribution >= 4 is 17.4 Å². The average Bonchev–Trinajstić information content (AvgIpc) is 3.25. The second kappa shape index (κ2) is 8.82. The Balaban J connectivity index is 1.20. The van der Waals surface area contributed by atoms with E-state index in [1.807, 2.05) is 11.0 Å². The lowest BCUT2D eigenvalue weighted by Crippen LogP contribution is -2.41. The molecule has 2 aromatic rings. The molecule has 1 saturated carbocycles. The Morgan fingerprint density at radius 1 is 1.11 bits per heavy atom. The van der Waals surface area contributed by atoms with Crippen LogP contribution in [0.5, 0.6) is 0 Å². The number of carboxylic acid groups (broad SMARTS) is 1. The minimum absolute atomic E-state index is 0.0216. The van der Waals surface area contributed by atoms with Gasteiger partial charge in [0.05, 0.1) is 12.1 Å². The maximum absolute atomic E-state index is 13.9. The number of aryl methyl sites for hydroxylation is 1. The van der Waals surface area contributed by atoms with E-state index in [9.17, 15) is 19.1 Å². The number of aromatic nitrogens is 1. The number of rotatable bonds is 3. The molecule has 0 radical (unpaired) electrons. The molecule has 5 nitrogen and oxygen atoms in total. The highest BCUT2D eigenvalue weighted by molar-refractivity contribution is 5.94. The molecule has 2 fully saturated rings. The number of likely N-dealkylation sites (tertiary alicyclic amines) is 1. The zero-order valence-corrected chi connectivity index (χ0v) is 20.8. The van der Waals surface area contributed by atoms with Crippen LogP contribution < -0.4 is 0 Å². The van der Waals surface area contributed by atoms with Crippen LogP contribution >= 0.6 is 0 Å². The third-order valence-electron chi connectivity index (χ3n) is 9.70.